The lowest BCUT2D eigenvalue weighted by molar-refractivity contribution is -0.126. The summed E-state index contributed by atoms with van der Waals surface area (Å²) in [5, 5.41) is 3.16. The zero-order valence-electron chi connectivity index (χ0n) is 15.1. The van der Waals surface area contributed by atoms with Crippen molar-refractivity contribution in [2.45, 2.75) is 64.8 Å². The maximum Gasteiger partial charge on any atom is 0.223 e. The third-order valence-electron chi connectivity index (χ3n) is 4.94. The van der Waals surface area contributed by atoms with Gasteiger partial charge in [-0.2, -0.15) is 0 Å². The number of hydrogen-bond donors (Lipinski definition) is 1. The van der Waals surface area contributed by atoms with Crippen molar-refractivity contribution >= 4 is 11.6 Å². The average Bonchev–Trinajstić information content (AvgIpc) is 2.59. The molecule has 1 saturated heterocycles. The Balaban J connectivity index is 1.73. The maximum absolute atomic E-state index is 13.9. The lowest BCUT2D eigenvalue weighted by Gasteiger charge is -2.33. The fourth-order valence-corrected chi connectivity index (χ4v) is 3.40. The van der Waals surface area contributed by atoms with Gasteiger partial charge in [-0.1, -0.05) is 44.7 Å². The zero-order chi connectivity index (χ0) is 17.4. The molecule has 24 heavy (non-hydrogen) atoms. The first kappa shape index (κ1) is 18.8. The fraction of sp³-hybridized carbons (Fsp3) is 0.650. The van der Waals surface area contributed by atoms with Gasteiger partial charge in [-0.05, 0) is 38.3 Å². The number of unbranched alkanes of at least 4 members (excludes halogenated alkanes) is 3. The third kappa shape index (κ3) is 5.50. The van der Waals surface area contributed by atoms with Crippen molar-refractivity contribution in [1.82, 2.24) is 5.32 Å². The zero-order valence-corrected chi connectivity index (χ0v) is 15.1. The highest BCUT2D eigenvalue weighted by atomic mass is 19.1. The van der Waals surface area contributed by atoms with E-state index in [1.165, 1.54) is 31.7 Å². The molecule has 1 fully saturated rings. The Morgan fingerprint density at radius 2 is 1.96 bits per heavy atom. The summed E-state index contributed by atoms with van der Waals surface area (Å²) in [7, 11) is 0. The fourth-order valence-electron chi connectivity index (χ4n) is 3.40. The van der Waals surface area contributed by atoms with Crippen LogP contribution in [-0.4, -0.2) is 25.0 Å². The second-order valence-corrected chi connectivity index (χ2v) is 6.97. The van der Waals surface area contributed by atoms with Crippen LogP contribution in [0.15, 0.2) is 24.3 Å². The number of carbonyl (C=O) groups is 1. The van der Waals surface area contributed by atoms with Gasteiger partial charge in [0.25, 0.3) is 0 Å². The van der Waals surface area contributed by atoms with E-state index in [1.807, 2.05) is 17.0 Å². The lowest BCUT2D eigenvalue weighted by atomic mass is 9.95. The number of hydrogen-bond acceptors (Lipinski definition) is 2. The Morgan fingerprint density at radius 3 is 2.62 bits per heavy atom. The second-order valence-electron chi connectivity index (χ2n) is 6.97. The summed E-state index contributed by atoms with van der Waals surface area (Å²) >= 11 is 0. The molecular formula is C20H31FN2O. The third-order valence-corrected chi connectivity index (χ3v) is 4.94. The molecule has 3 nitrogen and oxygen atoms in total. The molecule has 1 aromatic rings. The molecule has 0 aliphatic carbocycles. The van der Waals surface area contributed by atoms with E-state index in [4.69, 9.17) is 0 Å². The van der Waals surface area contributed by atoms with E-state index >= 15 is 0 Å². The van der Waals surface area contributed by atoms with Gasteiger partial charge >= 0.3 is 0 Å². The van der Waals surface area contributed by atoms with Gasteiger partial charge in [0.05, 0.1) is 5.69 Å². The van der Waals surface area contributed by atoms with Crippen molar-refractivity contribution in [1.29, 1.82) is 0 Å². The van der Waals surface area contributed by atoms with E-state index in [0.29, 0.717) is 5.69 Å². The van der Waals surface area contributed by atoms with Crippen molar-refractivity contribution in [3.63, 3.8) is 0 Å². The number of nitrogens with zero attached hydrogens (tertiary/aromatic N) is 1. The molecule has 4 heteroatoms. The van der Waals surface area contributed by atoms with Crippen molar-refractivity contribution in [3.05, 3.63) is 30.1 Å². The maximum atomic E-state index is 13.9. The van der Waals surface area contributed by atoms with E-state index in [9.17, 15) is 9.18 Å². The van der Waals surface area contributed by atoms with E-state index in [1.54, 1.807) is 6.07 Å². The monoisotopic (exact) mass is 334 g/mol. The summed E-state index contributed by atoms with van der Waals surface area (Å²) in [6, 6.07) is 7.12. The second kappa shape index (κ2) is 9.65. The molecule has 2 rings (SSSR count). The number of benzene rings is 1. The summed E-state index contributed by atoms with van der Waals surface area (Å²) in [5.41, 5.74) is 0.653. The number of piperidine rings is 1. The van der Waals surface area contributed by atoms with Crippen LogP contribution in [0, 0.1) is 11.7 Å². The van der Waals surface area contributed by atoms with Crippen molar-refractivity contribution in [2.75, 3.05) is 18.0 Å². The highest BCUT2D eigenvalue weighted by molar-refractivity contribution is 5.79. The van der Waals surface area contributed by atoms with Crippen LogP contribution in [0.25, 0.3) is 0 Å². The van der Waals surface area contributed by atoms with Gasteiger partial charge in [0.1, 0.15) is 5.82 Å². The molecule has 1 N–H and O–H groups in total. The van der Waals surface area contributed by atoms with Crippen molar-refractivity contribution < 1.29 is 9.18 Å². The summed E-state index contributed by atoms with van der Waals surface area (Å²) < 4.78 is 13.9. The molecule has 1 atom stereocenters. The van der Waals surface area contributed by atoms with Crippen LogP contribution in [0.1, 0.15) is 58.8 Å². The van der Waals surface area contributed by atoms with Crippen LogP contribution in [0.5, 0.6) is 0 Å². The van der Waals surface area contributed by atoms with Gasteiger partial charge in [-0.3, -0.25) is 4.79 Å². The molecule has 0 aromatic heterocycles. The van der Waals surface area contributed by atoms with Gasteiger partial charge in [0, 0.05) is 25.0 Å². The molecule has 1 aromatic carbocycles. The molecule has 1 aliphatic heterocycles. The van der Waals surface area contributed by atoms with Crippen molar-refractivity contribution in [3.8, 4) is 0 Å². The Hall–Kier alpha value is -1.58. The normalized spacial score (nSPS) is 16.9. The van der Waals surface area contributed by atoms with E-state index < -0.39 is 0 Å². The molecule has 0 bridgehead atoms. The number of carbonyl (C=O) groups excluding carboxylic acids is 1. The van der Waals surface area contributed by atoms with Gasteiger partial charge in [0.15, 0.2) is 0 Å². The number of anilines is 1. The lowest BCUT2D eigenvalue weighted by Crippen LogP contribution is -2.43. The van der Waals surface area contributed by atoms with Gasteiger partial charge in [-0.25, -0.2) is 4.39 Å². The highest BCUT2D eigenvalue weighted by Crippen LogP contribution is 2.25. The smallest absolute Gasteiger partial charge is 0.223 e. The minimum absolute atomic E-state index is 0.0612. The quantitative estimate of drug-likeness (QED) is 0.709. The summed E-state index contributed by atoms with van der Waals surface area (Å²) in [5.74, 6) is 0.0541. The number of amides is 1. The van der Waals surface area contributed by atoms with E-state index in [-0.39, 0.29) is 23.7 Å². The standard InChI is InChI=1S/C20H31FN2O/c1-3-4-5-6-9-16(2)22-20(24)17-12-14-23(15-13-17)19-11-8-7-10-18(19)21/h7-8,10-11,16-17H,3-6,9,12-15H2,1-2H3,(H,22,24). The molecule has 1 aliphatic rings. The van der Waals surface area contributed by atoms with E-state index in [2.05, 4.69) is 19.2 Å². The molecule has 0 saturated carbocycles. The summed E-state index contributed by atoms with van der Waals surface area (Å²) in [6.07, 6.45) is 7.58. The van der Waals surface area contributed by atoms with E-state index in [0.717, 1.165) is 32.4 Å². The van der Waals surface area contributed by atoms with Crippen LogP contribution in [0.2, 0.25) is 0 Å². The highest BCUT2D eigenvalue weighted by Gasteiger charge is 2.26. The van der Waals surface area contributed by atoms with Gasteiger partial charge in [-0.15, -0.1) is 0 Å². The molecule has 134 valence electrons. The number of nitrogens with one attached hydrogen (secondary N) is 1. The molecule has 0 radical (unpaired) electrons. The predicted octanol–water partition coefficient (Wildman–Crippen LogP) is 4.52. The minimum Gasteiger partial charge on any atom is -0.369 e. The van der Waals surface area contributed by atoms with Gasteiger partial charge < -0.3 is 10.2 Å². The Kier molecular flexibility index (Phi) is 7.54. The SMILES string of the molecule is CCCCCCC(C)NC(=O)C1CCN(c2ccccc2F)CC1. The average molecular weight is 334 g/mol. The summed E-state index contributed by atoms with van der Waals surface area (Å²) in [6.45, 7) is 5.78. The van der Waals surface area contributed by atoms with Crippen LogP contribution < -0.4 is 10.2 Å². The first-order valence-electron chi connectivity index (χ1n) is 9.41. The van der Waals surface area contributed by atoms with Crippen LogP contribution >= 0.6 is 0 Å². The summed E-state index contributed by atoms with van der Waals surface area (Å²) in [4.78, 5) is 14.5. The minimum atomic E-state index is -0.180. The van der Waals surface area contributed by atoms with Crippen LogP contribution in [0.3, 0.4) is 0 Å². The van der Waals surface area contributed by atoms with Crippen LogP contribution in [-0.2, 0) is 4.79 Å². The Labute approximate surface area is 145 Å². The molecule has 1 heterocycles. The molecule has 0 spiro atoms. The first-order valence-corrected chi connectivity index (χ1v) is 9.41. The first-order chi connectivity index (χ1) is 11.6. The molecule has 1 amide bonds. The predicted molar refractivity (Wildman–Crippen MR) is 97.7 cm³/mol. The Bertz CT molecular complexity index is 512. The molecule has 1 unspecified atom stereocenters. The largest absolute Gasteiger partial charge is 0.369 e. The van der Waals surface area contributed by atoms with Crippen LogP contribution in [0.4, 0.5) is 10.1 Å². The Morgan fingerprint density at radius 1 is 1.25 bits per heavy atom. The number of para-hydroxylation sites is 1. The van der Waals surface area contributed by atoms with Gasteiger partial charge in [0.2, 0.25) is 5.91 Å². The topological polar surface area (TPSA) is 32.3 Å². The number of halogens is 1. The van der Waals surface area contributed by atoms with Crippen molar-refractivity contribution in [2.24, 2.45) is 5.92 Å². The molecular weight excluding hydrogens is 303 g/mol. The number of rotatable bonds is 8.